The smallest absolute Gasteiger partial charge is 0.304 e. The van der Waals surface area contributed by atoms with E-state index in [-0.39, 0.29) is 6.54 Å². The largest absolute Gasteiger partial charge is 0.416 e. The molecule has 0 unspecified atom stereocenters. The van der Waals surface area contributed by atoms with Crippen LogP contribution in [-0.4, -0.2) is 34.3 Å². The van der Waals surface area contributed by atoms with Gasteiger partial charge in [-0.05, 0) is 38.4 Å². The number of benzene rings is 2. The third-order valence-corrected chi connectivity index (χ3v) is 5.04. The Labute approximate surface area is 171 Å². The Morgan fingerprint density at radius 2 is 1.86 bits per heavy atom. The number of aliphatic imine (C=N–C) groups is 1. The molecular formula is C21H18ClF3N4. The first kappa shape index (κ1) is 19.7. The van der Waals surface area contributed by atoms with Crippen LogP contribution in [0.15, 0.2) is 53.7 Å². The van der Waals surface area contributed by atoms with Crippen LogP contribution >= 0.6 is 11.6 Å². The highest BCUT2D eigenvalue weighted by Gasteiger charge is 2.33. The van der Waals surface area contributed by atoms with Gasteiger partial charge in [0.25, 0.3) is 0 Å². The summed E-state index contributed by atoms with van der Waals surface area (Å²) in [6.45, 7) is 0.832. The molecular weight excluding hydrogens is 401 g/mol. The third-order valence-electron chi connectivity index (χ3n) is 4.71. The number of nitrogens with zero attached hydrogens (tertiary/aromatic N) is 4. The number of imidazole rings is 1. The standard InChI is InChI=1S/C21H18ClF3N4/c1-28(2)12-14-10-26-19-11-27-20(15-5-3-4-6-17(15)22)16-9-13(21(23,24)25)7-8-18(16)29(14)19/h3-10H,11-12H2,1-2H3. The second-order valence-electron chi connectivity index (χ2n) is 7.11. The lowest BCUT2D eigenvalue weighted by Crippen LogP contribution is -2.16. The van der Waals surface area contributed by atoms with Crippen molar-refractivity contribution in [3.05, 3.63) is 81.9 Å². The molecule has 8 heteroatoms. The van der Waals surface area contributed by atoms with E-state index in [9.17, 15) is 13.2 Å². The summed E-state index contributed by atoms with van der Waals surface area (Å²) in [5, 5.41) is 0.433. The normalized spacial score (nSPS) is 13.7. The summed E-state index contributed by atoms with van der Waals surface area (Å²) in [7, 11) is 3.85. The van der Waals surface area contributed by atoms with Gasteiger partial charge in [-0.3, -0.25) is 9.56 Å². The average Bonchev–Trinajstić information content (AvgIpc) is 2.96. The Morgan fingerprint density at radius 1 is 1.10 bits per heavy atom. The fourth-order valence-corrected chi connectivity index (χ4v) is 3.71. The Morgan fingerprint density at radius 3 is 2.55 bits per heavy atom. The van der Waals surface area contributed by atoms with Gasteiger partial charge in [-0.15, -0.1) is 0 Å². The number of fused-ring (bicyclic) bond motifs is 3. The van der Waals surface area contributed by atoms with Crippen molar-refractivity contribution in [3.8, 4) is 5.69 Å². The zero-order valence-corrected chi connectivity index (χ0v) is 16.6. The Kier molecular flexibility index (Phi) is 4.96. The molecule has 2 heterocycles. The highest BCUT2D eigenvalue weighted by Crippen LogP contribution is 2.35. The molecule has 4 rings (SSSR count). The van der Waals surface area contributed by atoms with Gasteiger partial charge in [0.15, 0.2) is 0 Å². The van der Waals surface area contributed by atoms with Gasteiger partial charge in [-0.25, -0.2) is 4.98 Å². The number of hydrogen-bond acceptors (Lipinski definition) is 3. The minimum absolute atomic E-state index is 0.240. The average molecular weight is 419 g/mol. The molecule has 4 nitrogen and oxygen atoms in total. The van der Waals surface area contributed by atoms with Gasteiger partial charge < -0.3 is 4.90 Å². The molecule has 0 aliphatic carbocycles. The zero-order chi connectivity index (χ0) is 20.8. The second-order valence-corrected chi connectivity index (χ2v) is 7.52. The number of aromatic nitrogens is 2. The first-order chi connectivity index (χ1) is 13.8. The second kappa shape index (κ2) is 7.31. The van der Waals surface area contributed by atoms with Crippen molar-refractivity contribution in [2.75, 3.05) is 14.1 Å². The molecule has 0 radical (unpaired) electrons. The van der Waals surface area contributed by atoms with Crippen molar-refractivity contribution in [2.45, 2.75) is 19.3 Å². The predicted octanol–water partition coefficient (Wildman–Crippen LogP) is 4.96. The van der Waals surface area contributed by atoms with E-state index in [1.54, 1.807) is 30.5 Å². The van der Waals surface area contributed by atoms with Crippen LogP contribution in [-0.2, 0) is 19.3 Å². The van der Waals surface area contributed by atoms with Gasteiger partial charge in [0.05, 0.1) is 35.4 Å². The lowest BCUT2D eigenvalue weighted by molar-refractivity contribution is -0.137. The summed E-state index contributed by atoms with van der Waals surface area (Å²) in [5.41, 5.74) is 2.16. The molecule has 1 aromatic heterocycles. The quantitative estimate of drug-likeness (QED) is 0.602. The highest BCUT2D eigenvalue weighted by atomic mass is 35.5. The summed E-state index contributed by atoms with van der Waals surface area (Å²) in [6, 6.07) is 10.8. The Hall–Kier alpha value is -2.64. The molecule has 0 fully saturated rings. The molecule has 3 aromatic rings. The van der Waals surface area contributed by atoms with E-state index in [0.29, 0.717) is 39.9 Å². The van der Waals surface area contributed by atoms with E-state index >= 15 is 0 Å². The number of hydrogen-bond donors (Lipinski definition) is 0. The van der Waals surface area contributed by atoms with E-state index in [1.807, 2.05) is 23.6 Å². The van der Waals surface area contributed by atoms with Crippen molar-refractivity contribution in [3.63, 3.8) is 0 Å². The molecule has 0 amide bonds. The zero-order valence-electron chi connectivity index (χ0n) is 15.8. The Bertz CT molecular complexity index is 1100. The third kappa shape index (κ3) is 3.68. The van der Waals surface area contributed by atoms with E-state index < -0.39 is 11.7 Å². The molecule has 1 aliphatic rings. The lowest BCUT2D eigenvalue weighted by Gasteiger charge is -2.18. The van der Waals surface area contributed by atoms with Gasteiger partial charge in [0.1, 0.15) is 5.82 Å². The van der Waals surface area contributed by atoms with Crippen molar-refractivity contribution in [2.24, 2.45) is 4.99 Å². The van der Waals surface area contributed by atoms with Crippen LogP contribution in [0.25, 0.3) is 5.69 Å². The lowest BCUT2D eigenvalue weighted by atomic mass is 9.98. The van der Waals surface area contributed by atoms with E-state index in [2.05, 4.69) is 9.98 Å². The predicted molar refractivity (Wildman–Crippen MR) is 107 cm³/mol. The van der Waals surface area contributed by atoms with Gasteiger partial charge in [-0.1, -0.05) is 29.8 Å². The van der Waals surface area contributed by atoms with Crippen LogP contribution in [0.2, 0.25) is 5.02 Å². The summed E-state index contributed by atoms with van der Waals surface area (Å²) in [6.07, 6.45) is -2.72. The fourth-order valence-electron chi connectivity index (χ4n) is 3.49. The number of alkyl halides is 3. The van der Waals surface area contributed by atoms with Crippen LogP contribution in [0, 0.1) is 0 Å². The first-order valence-electron chi connectivity index (χ1n) is 8.97. The molecule has 0 saturated heterocycles. The van der Waals surface area contributed by atoms with Gasteiger partial charge in [0.2, 0.25) is 0 Å². The van der Waals surface area contributed by atoms with E-state index in [4.69, 9.17) is 11.6 Å². The SMILES string of the molecule is CN(C)Cc1cnc2n1-c1ccc(C(F)(F)F)cc1C(c1ccccc1Cl)=NC2. The minimum Gasteiger partial charge on any atom is -0.304 e. The van der Waals surface area contributed by atoms with Crippen LogP contribution in [0.3, 0.4) is 0 Å². The number of rotatable bonds is 3. The van der Waals surface area contributed by atoms with E-state index in [1.165, 1.54) is 6.07 Å². The van der Waals surface area contributed by atoms with Crippen LogP contribution in [0.5, 0.6) is 0 Å². The maximum atomic E-state index is 13.5. The maximum absolute atomic E-state index is 13.5. The molecule has 0 saturated carbocycles. The van der Waals surface area contributed by atoms with Crippen LogP contribution in [0.1, 0.15) is 28.2 Å². The summed E-state index contributed by atoms with van der Waals surface area (Å²) < 4.78 is 42.3. The van der Waals surface area contributed by atoms with Crippen LogP contribution in [0.4, 0.5) is 13.2 Å². The molecule has 29 heavy (non-hydrogen) atoms. The molecule has 0 bridgehead atoms. The summed E-state index contributed by atoms with van der Waals surface area (Å²) in [5.74, 6) is 0.671. The first-order valence-corrected chi connectivity index (χ1v) is 9.35. The summed E-state index contributed by atoms with van der Waals surface area (Å²) >= 11 is 6.36. The molecule has 150 valence electrons. The van der Waals surface area contributed by atoms with Gasteiger partial charge in [0, 0.05) is 22.7 Å². The molecule has 0 spiro atoms. The minimum atomic E-state index is -4.46. The fraction of sp³-hybridized carbons (Fsp3) is 0.238. The molecule has 2 aromatic carbocycles. The topological polar surface area (TPSA) is 33.4 Å². The van der Waals surface area contributed by atoms with Crippen molar-refractivity contribution < 1.29 is 13.2 Å². The Balaban J connectivity index is 1.98. The summed E-state index contributed by atoms with van der Waals surface area (Å²) in [4.78, 5) is 11.1. The van der Waals surface area contributed by atoms with Crippen LogP contribution < -0.4 is 0 Å². The molecule has 1 aliphatic heterocycles. The monoisotopic (exact) mass is 418 g/mol. The van der Waals surface area contributed by atoms with Crippen molar-refractivity contribution in [1.82, 2.24) is 14.5 Å². The van der Waals surface area contributed by atoms with Gasteiger partial charge >= 0.3 is 6.18 Å². The number of halogens is 4. The maximum Gasteiger partial charge on any atom is 0.416 e. The van der Waals surface area contributed by atoms with Crippen molar-refractivity contribution >= 4 is 17.3 Å². The van der Waals surface area contributed by atoms with E-state index in [0.717, 1.165) is 17.8 Å². The van der Waals surface area contributed by atoms with Gasteiger partial charge in [-0.2, -0.15) is 13.2 Å². The van der Waals surface area contributed by atoms with Crippen molar-refractivity contribution in [1.29, 1.82) is 0 Å². The molecule has 0 atom stereocenters. The molecule has 0 N–H and O–H groups in total. The highest BCUT2D eigenvalue weighted by molar-refractivity contribution is 6.35.